The summed E-state index contributed by atoms with van der Waals surface area (Å²) in [6.45, 7) is 15.1. The average molecular weight is 276 g/mol. The molecule has 1 atom stereocenters. The Morgan fingerprint density at radius 1 is 1.17 bits per heavy atom. The Labute approximate surface area is 118 Å². The quantitative estimate of drug-likeness (QED) is 0.246. The van der Waals surface area contributed by atoms with Crippen molar-refractivity contribution >= 4 is 0 Å². The van der Waals surface area contributed by atoms with E-state index in [-0.39, 0.29) is 12.4 Å². The molecule has 1 saturated heterocycles. The van der Waals surface area contributed by atoms with E-state index in [1.54, 1.807) is 6.08 Å². The zero-order valence-corrected chi connectivity index (χ0v) is 12.4. The fourth-order valence-corrected chi connectivity index (χ4v) is 1.22. The van der Waals surface area contributed by atoms with E-state index in [4.69, 9.17) is 9.47 Å². The molecule has 4 heteroatoms. The number of quaternary nitrogens is 1. The molecule has 18 heavy (non-hydrogen) atoms. The molecule has 0 spiro atoms. The van der Waals surface area contributed by atoms with Crippen LogP contribution in [0, 0.1) is 0 Å². The largest absolute Gasteiger partial charge is 1.00 e. The molecule has 0 amide bonds. The smallest absolute Gasteiger partial charge is 0.104 e. The highest BCUT2D eigenvalue weighted by Gasteiger charge is 2.21. The molecule has 0 radical (unpaired) electrons. The van der Waals surface area contributed by atoms with Crippen LogP contribution in [-0.4, -0.2) is 57.6 Å². The summed E-state index contributed by atoms with van der Waals surface area (Å²) < 4.78 is 10.9. The van der Waals surface area contributed by atoms with E-state index in [1.807, 2.05) is 12.2 Å². The number of likely N-dealkylation sites (N-methyl/N-ethyl adjacent to an activating group) is 1. The van der Waals surface area contributed by atoms with Gasteiger partial charge in [-0.15, -0.1) is 6.58 Å². The second kappa shape index (κ2) is 11.5. The topological polar surface area (TPSA) is 21.8 Å². The molecule has 3 nitrogen and oxygen atoms in total. The number of ether oxygens (including phenoxy) is 2. The third-order valence-corrected chi connectivity index (χ3v) is 2.19. The number of hydrogen-bond donors (Lipinski definition) is 0. The number of rotatable bonds is 8. The van der Waals surface area contributed by atoms with Gasteiger partial charge in [-0.3, -0.25) is 0 Å². The van der Waals surface area contributed by atoms with Gasteiger partial charge in [0.15, 0.2) is 0 Å². The SMILES string of the molecule is C=CCOCC1CO1.C=CC[N+](C)(C)CC=C.[Cl-]. The third-order valence-electron chi connectivity index (χ3n) is 2.19. The van der Waals surface area contributed by atoms with Crippen LogP contribution in [0.25, 0.3) is 0 Å². The van der Waals surface area contributed by atoms with Crippen LogP contribution in [-0.2, 0) is 9.47 Å². The van der Waals surface area contributed by atoms with Crippen LogP contribution in [0.5, 0.6) is 0 Å². The van der Waals surface area contributed by atoms with E-state index in [0.717, 1.165) is 30.8 Å². The molecule has 106 valence electrons. The molecule has 1 fully saturated rings. The second-order valence-electron chi connectivity index (χ2n) is 4.66. The van der Waals surface area contributed by atoms with Gasteiger partial charge in [-0.25, -0.2) is 0 Å². The lowest BCUT2D eigenvalue weighted by Gasteiger charge is -2.26. The van der Waals surface area contributed by atoms with Crippen molar-refractivity contribution in [3.05, 3.63) is 38.0 Å². The van der Waals surface area contributed by atoms with Gasteiger partial charge in [0, 0.05) is 0 Å². The summed E-state index contributed by atoms with van der Waals surface area (Å²) in [6, 6.07) is 0. The molecular formula is C14H26ClNO2. The maximum Gasteiger partial charge on any atom is 0.104 e. The average Bonchev–Trinajstić information content (AvgIpc) is 3.03. The van der Waals surface area contributed by atoms with Gasteiger partial charge in [0.1, 0.15) is 6.10 Å². The van der Waals surface area contributed by atoms with E-state index in [0.29, 0.717) is 12.7 Å². The summed E-state index contributed by atoms with van der Waals surface area (Å²) >= 11 is 0. The normalized spacial score (nSPS) is 16.7. The first kappa shape index (κ1) is 19.7. The number of nitrogens with zero attached hydrogens (tertiary/aromatic N) is 1. The molecular weight excluding hydrogens is 250 g/mol. The first-order chi connectivity index (χ1) is 8.05. The molecule has 1 unspecified atom stereocenters. The molecule has 0 aromatic rings. The molecule has 0 N–H and O–H groups in total. The van der Waals surface area contributed by atoms with Crippen LogP contribution in [0.3, 0.4) is 0 Å². The fraction of sp³-hybridized carbons (Fsp3) is 0.571. The molecule has 0 saturated carbocycles. The lowest BCUT2D eigenvalue weighted by Crippen LogP contribution is -3.00. The van der Waals surface area contributed by atoms with Gasteiger partial charge in [0.05, 0.1) is 47.0 Å². The van der Waals surface area contributed by atoms with Crippen LogP contribution in [0.1, 0.15) is 0 Å². The fourth-order valence-electron chi connectivity index (χ4n) is 1.22. The first-order valence-electron chi connectivity index (χ1n) is 5.89. The third kappa shape index (κ3) is 13.5. The maximum atomic E-state index is 5.06. The zero-order chi connectivity index (χ0) is 13.1. The van der Waals surface area contributed by atoms with Crippen molar-refractivity contribution in [2.75, 3.05) is 47.0 Å². The monoisotopic (exact) mass is 275 g/mol. The molecule has 1 aliphatic heterocycles. The molecule has 0 bridgehead atoms. The van der Waals surface area contributed by atoms with Gasteiger partial charge in [-0.05, 0) is 12.2 Å². The van der Waals surface area contributed by atoms with E-state index in [9.17, 15) is 0 Å². The van der Waals surface area contributed by atoms with E-state index < -0.39 is 0 Å². The van der Waals surface area contributed by atoms with Crippen molar-refractivity contribution in [3.8, 4) is 0 Å². The van der Waals surface area contributed by atoms with Crippen LogP contribution in [0.15, 0.2) is 38.0 Å². The predicted molar refractivity (Wildman–Crippen MR) is 73.0 cm³/mol. The van der Waals surface area contributed by atoms with Crippen molar-refractivity contribution < 1.29 is 26.4 Å². The highest BCUT2D eigenvalue weighted by Crippen LogP contribution is 2.07. The Morgan fingerprint density at radius 2 is 1.67 bits per heavy atom. The van der Waals surface area contributed by atoms with Crippen molar-refractivity contribution in [2.24, 2.45) is 0 Å². The Hall–Kier alpha value is -0.610. The molecule has 0 aromatic carbocycles. The van der Waals surface area contributed by atoms with Crippen molar-refractivity contribution in [2.45, 2.75) is 6.10 Å². The molecule has 1 aliphatic rings. The molecule has 0 aliphatic carbocycles. The van der Waals surface area contributed by atoms with Gasteiger partial charge in [-0.1, -0.05) is 19.2 Å². The predicted octanol–water partition coefficient (Wildman–Crippen LogP) is -0.973. The minimum atomic E-state index is 0. The van der Waals surface area contributed by atoms with E-state index >= 15 is 0 Å². The zero-order valence-electron chi connectivity index (χ0n) is 11.6. The molecule has 0 aromatic heterocycles. The minimum absolute atomic E-state index is 0. The van der Waals surface area contributed by atoms with Gasteiger partial charge in [0.2, 0.25) is 0 Å². The Balaban J connectivity index is 0. The lowest BCUT2D eigenvalue weighted by atomic mass is 10.4. The second-order valence-corrected chi connectivity index (χ2v) is 4.66. The Kier molecular flexibility index (Phi) is 12.6. The van der Waals surface area contributed by atoms with Crippen LogP contribution in [0.2, 0.25) is 0 Å². The summed E-state index contributed by atoms with van der Waals surface area (Å²) in [5, 5.41) is 0. The summed E-state index contributed by atoms with van der Waals surface area (Å²) in [7, 11) is 4.31. The van der Waals surface area contributed by atoms with Crippen molar-refractivity contribution in [3.63, 3.8) is 0 Å². The maximum absolute atomic E-state index is 5.06. The number of hydrogen-bond acceptors (Lipinski definition) is 2. The summed E-state index contributed by atoms with van der Waals surface area (Å²) in [5.41, 5.74) is 0. The van der Waals surface area contributed by atoms with Gasteiger partial charge < -0.3 is 26.4 Å². The molecule has 1 rings (SSSR count). The van der Waals surface area contributed by atoms with Crippen molar-refractivity contribution in [1.29, 1.82) is 0 Å². The Bertz CT molecular complexity index is 226. The lowest BCUT2D eigenvalue weighted by molar-refractivity contribution is -0.878. The number of epoxide rings is 1. The van der Waals surface area contributed by atoms with E-state index in [2.05, 4.69) is 33.8 Å². The number of halogens is 1. The summed E-state index contributed by atoms with van der Waals surface area (Å²) in [6.07, 6.45) is 5.99. The van der Waals surface area contributed by atoms with Crippen LogP contribution >= 0.6 is 0 Å². The highest BCUT2D eigenvalue weighted by atomic mass is 35.5. The minimum Gasteiger partial charge on any atom is -1.00 e. The van der Waals surface area contributed by atoms with Crippen LogP contribution in [0.4, 0.5) is 0 Å². The Morgan fingerprint density at radius 3 is 2.00 bits per heavy atom. The summed E-state index contributed by atoms with van der Waals surface area (Å²) in [4.78, 5) is 0. The van der Waals surface area contributed by atoms with Gasteiger partial charge in [-0.2, -0.15) is 0 Å². The van der Waals surface area contributed by atoms with Crippen molar-refractivity contribution in [1.82, 2.24) is 0 Å². The van der Waals surface area contributed by atoms with Gasteiger partial charge >= 0.3 is 0 Å². The van der Waals surface area contributed by atoms with E-state index in [1.165, 1.54) is 0 Å². The standard InChI is InChI=1S/C8H16N.C6H10O2.ClH/c1-5-7-9(3,4)8-6-2;1-2-3-7-4-6-5-8-6;/h5-6H,1-2,7-8H2,3-4H3;2,6H,1,3-5H2;1H/q+1;;/p-1. The van der Waals surface area contributed by atoms with Crippen LogP contribution < -0.4 is 12.4 Å². The first-order valence-corrected chi connectivity index (χ1v) is 5.89. The van der Waals surface area contributed by atoms with Gasteiger partial charge in [0.25, 0.3) is 0 Å². The summed E-state index contributed by atoms with van der Waals surface area (Å²) in [5.74, 6) is 0. The highest BCUT2D eigenvalue weighted by molar-refractivity contribution is 4.70. The molecule has 1 heterocycles.